The Morgan fingerprint density at radius 2 is 2.00 bits per heavy atom. The van der Waals surface area contributed by atoms with Crippen LogP contribution >= 0.6 is 15.9 Å². The van der Waals surface area contributed by atoms with Crippen LogP contribution in [0.25, 0.3) is 11.4 Å². The van der Waals surface area contributed by atoms with Crippen molar-refractivity contribution in [3.8, 4) is 11.4 Å². The number of benzene rings is 1. The predicted octanol–water partition coefficient (Wildman–Crippen LogP) is 2.89. The first kappa shape index (κ1) is 14.5. The fourth-order valence-electron chi connectivity index (χ4n) is 1.81. The van der Waals surface area contributed by atoms with E-state index in [4.69, 9.17) is 5.73 Å². The highest BCUT2D eigenvalue weighted by molar-refractivity contribution is 9.10. The molecular weight excluding hydrogens is 322 g/mol. The van der Waals surface area contributed by atoms with E-state index in [0.29, 0.717) is 11.5 Å². The molecule has 104 valence electrons. The molecule has 0 saturated carbocycles. The Kier molecular flexibility index (Phi) is 4.04. The van der Waals surface area contributed by atoms with E-state index in [-0.39, 0.29) is 11.4 Å². The number of hydrogen-bond donors (Lipinski definition) is 1. The van der Waals surface area contributed by atoms with E-state index in [1.54, 1.807) is 6.92 Å². The van der Waals surface area contributed by atoms with Gasteiger partial charge in [-0.1, -0.05) is 28.1 Å². The quantitative estimate of drug-likeness (QED) is 0.853. The highest BCUT2D eigenvalue weighted by Gasteiger charge is 2.18. The average molecular weight is 336 g/mol. The third kappa shape index (κ3) is 2.65. The molecule has 0 aliphatic carbocycles. The lowest BCUT2D eigenvalue weighted by molar-refractivity contribution is 0.0600. The number of carbonyl (C=O) groups is 1. The van der Waals surface area contributed by atoms with Crippen molar-refractivity contribution >= 4 is 27.7 Å². The zero-order chi connectivity index (χ0) is 14.9. The molecule has 0 fully saturated rings. The molecule has 0 amide bonds. The summed E-state index contributed by atoms with van der Waals surface area (Å²) in [7, 11) is 1.30. The maximum absolute atomic E-state index is 11.6. The van der Waals surface area contributed by atoms with Crippen LogP contribution in [-0.2, 0) is 4.74 Å². The number of carbonyl (C=O) groups excluding carboxylic acids is 1. The predicted molar refractivity (Wildman–Crippen MR) is 80.4 cm³/mol. The van der Waals surface area contributed by atoms with E-state index in [2.05, 4.69) is 30.6 Å². The van der Waals surface area contributed by atoms with Crippen LogP contribution in [-0.4, -0.2) is 23.0 Å². The molecule has 0 bridgehead atoms. The summed E-state index contributed by atoms with van der Waals surface area (Å²) in [6.45, 7) is 3.70. The van der Waals surface area contributed by atoms with Gasteiger partial charge in [-0.25, -0.2) is 14.8 Å². The van der Waals surface area contributed by atoms with E-state index < -0.39 is 5.97 Å². The first-order chi connectivity index (χ1) is 9.43. The van der Waals surface area contributed by atoms with Crippen molar-refractivity contribution in [2.24, 2.45) is 0 Å². The maximum Gasteiger partial charge on any atom is 0.343 e. The first-order valence-corrected chi connectivity index (χ1v) is 6.72. The van der Waals surface area contributed by atoms with Crippen LogP contribution in [0.2, 0.25) is 0 Å². The zero-order valence-corrected chi connectivity index (χ0v) is 13.0. The summed E-state index contributed by atoms with van der Waals surface area (Å²) < 4.78 is 5.64. The van der Waals surface area contributed by atoms with Crippen molar-refractivity contribution < 1.29 is 9.53 Å². The lowest BCUT2D eigenvalue weighted by Gasteiger charge is -2.09. The fourth-order valence-corrected chi connectivity index (χ4v) is 2.19. The second kappa shape index (κ2) is 5.58. The van der Waals surface area contributed by atoms with E-state index in [0.717, 1.165) is 15.6 Å². The van der Waals surface area contributed by atoms with Crippen molar-refractivity contribution in [1.29, 1.82) is 0 Å². The van der Waals surface area contributed by atoms with Gasteiger partial charge in [0, 0.05) is 10.0 Å². The van der Waals surface area contributed by atoms with Gasteiger partial charge in [0.25, 0.3) is 0 Å². The van der Waals surface area contributed by atoms with Crippen LogP contribution in [0.4, 0.5) is 5.82 Å². The number of nitrogen functional groups attached to an aromatic ring is 1. The summed E-state index contributed by atoms with van der Waals surface area (Å²) in [6.07, 6.45) is 0. The number of nitrogens with zero attached hydrogens (tertiary/aromatic N) is 2. The van der Waals surface area contributed by atoms with Crippen LogP contribution in [0.3, 0.4) is 0 Å². The Morgan fingerprint density at radius 3 is 2.55 bits per heavy atom. The highest BCUT2D eigenvalue weighted by Crippen LogP contribution is 2.25. The Hall–Kier alpha value is -1.95. The third-order valence-electron chi connectivity index (χ3n) is 2.94. The number of ether oxygens (including phenoxy) is 1. The van der Waals surface area contributed by atoms with Crippen LogP contribution in [0, 0.1) is 13.8 Å². The SMILES string of the molecule is COC(=O)c1c(C)nc(-c2ccc(C)c(Br)c2)nc1N. The van der Waals surface area contributed by atoms with Gasteiger partial charge in [0.05, 0.1) is 12.8 Å². The first-order valence-electron chi connectivity index (χ1n) is 5.93. The number of rotatable bonds is 2. The molecule has 0 aliphatic heterocycles. The number of hydrogen-bond acceptors (Lipinski definition) is 5. The molecule has 1 heterocycles. The molecule has 0 saturated heterocycles. The summed E-state index contributed by atoms with van der Waals surface area (Å²) in [5.41, 5.74) is 8.49. The molecule has 0 atom stereocenters. The van der Waals surface area contributed by atoms with E-state index in [1.165, 1.54) is 7.11 Å². The van der Waals surface area contributed by atoms with Crippen molar-refractivity contribution in [1.82, 2.24) is 9.97 Å². The Labute approximate surface area is 125 Å². The fraction of sp³-hybridized carbons (Fsp3) is 0.214. The minimum absolute atomic E-state index is 0.121. The standard InChI is InChI=1S/C14H14BrN3O2/c1-7-4-5-9(6-10(7)15)13-17-8(2)11(12(16)18-13)14(19)20-3/h4-6H,1-3H3,(H2,16,17,18). The number of aryl methyl sites for hydroxylation is 2. The molecule has 2 rings (SSSR count). The van der Waals surface area contributed by atoms with Gasteiger partial charge in [-0.05, 0) is 25.5 Å². The molecule has 0 spiro atoms. The number of halogens is 1. The summed E-state index contributed by atoms with van der Waals surface area (Å²) in [6, 6.07) is 5.79. The van der Waals surface area contributed by atoms with E-state index >= 15 is 0 Å². The summed E-state index contributed by atoms with van der Waals surface area (Å²) in [5, 5.41) is 0. The number of methoxy groups -OCH3 is 1. The van der Waals surface area contributed by atoms with Gasteiger partial charge in [-0.2, -0.15) is 0 Å². The van der Waals surface area contributed by atoms with Crippen LogP contribution in [0.5, 0.6) is 0 Å². The topological polar surface area (TPSA) is 78.1 Å². The molecule has 0 unspecified atom stereocenters. The second-order valence-corrected chi connectivity index (χ2v) is 5.20. The Bertz CT molecular complexity index is 663. The molecule has 2 aromatic rings. The minimum Gasteiger partial charge on any atom is -0.465 e. The van der Waals surface area contributed by atoms with Gasteiger partial charge >= 0.3 is 5.97 Å². The summed E-state index contributed by atoms with van der Waals surface area (Å²) in [4.78, 5) is 20.1. The number of nitrogens with two attached hydrogens (primary N) is 1. The van der Waals surface area contributed by atoms with Gasteiger partial charge in [0.2, 0.25) is 0 Å². The molecule has 5 nitrogen and oxygen atoms in total. The molecule has 2 N–H and O–H groups in total. The van der Waals surface area contributed by atoms with Gasteiger partial charge in [0.1, 0.15) is 11.4 Å². The zero-order valence-electron chi connectivity index (χ0n) is 11.4. The molecular formula is C14H14BrN3O2. The van der Waals surface area contributed by atoms with Crippen LogP contribution in [0.1, 0.15) is 21.6 Å². The normalized spacial score (nSPS) is 10.4. The maximum atomic E-state index is 11.6. The van der Waals surface area contributed by atoms with Crippen molar-refractivity contribution in [3.63, 3.8) is 0 Å². The number of aromatic nitrogens is 2. The lowest BCUT2D eigenvalue weighted by atomic mass is 10.1. The Balaban J connectivity index is 2.54. The largest absolute Gasteiger partial charge is 0.465 e. The molecule has 0 aliphatic rings. The summed E-state index contributed by atoms with van der Waals surface area (Å²) in [5.74, 6) is 0.0704. The van der Waals surface area contributed by atoms with Crippen molar-refractivity contribution in [2.45, 2.75) is 13.8 Å². The second-order valence-electron chi connectivity index (χ2n) is 4.35. The lowest BCUT2D eigenvalue weighted by Crippen LogP contribution is -2.12. The third-order valence-corrected chi connectivity index (χ3v) is 3.79. The molecule has 1 aromatic carbocycles. The van der Waals surface area contributed by atoms with Gasteiger partial charge in [-0.15, -0.1) is 0 Å². The molecule has 0 radical (unpaired) electrons. The van der Waals surface area contributed by atoms with E-state index in [1.807, 2.05) is 25.1 Å². The smallest absolute Gasteiger partial charge is 0.343 e. The molecule has 20 heavy (non-hydrogen) atoms. The van der Waals surface area contributed by atoms with E-state index in [9.17, 15) is 4.79 Å². The van der Waals surface area contributed by atoms with Crippen LogP contribution in [0.15, 0.2) is 22.7 Å². The molecule has 1 aromatic heterocycles. The summed E-state index contributed by atoms with van der Waals surface area (Å²) >= 11 is 3.47. The van der Waals surface area contributed by atoms with Crippen molar-refractivity contribution in [3.05, 3.63) is 39.5 Å². The Morgan fingerprint density at radius 1 is 1.30 bits per heavy atom. The minimum atomic E-state index is -0.531. The van der Waals surface area contributed by atoms with Gasteiger partial charge in [-0.3, -0.25) is 0 Å². The highest BCUT2D eigenvalue weighted by atomic mass is 79.9. The van der Waals surface area contributed by atoms with Crippen molar-refractivity contribution in [2.75, 3.05) is 12.8 Å². The van der Waals surface area contributed by atoms with Crippen LogP contribution < -0.4 is 5.73 Å². The monoisotopic (exact) mass is 335 g/mol. The number of anilines is 1. The average Bonchev–Trinajstić information content (AvgIpc) is 2.40. The number of esters is 1. The molecule has 6 heteroatoms. The van der Waals surface area contributed by atoms with Gasteiger partial charge in [0.15, 0.2) is 5.82 Å². The van der Waals surface area contributed by atoms with Gasteiger partial charge < -0.3 is 10.5 Å².